The number of terminal acetylenes is 1. The average Bonchev–Trinajstić information content (AvgIpc) is 2.75. The molecule has 0 saturated carbocycles. The van der Waals surface area contributed by atoms with Gasteiger partial charge in [0.1, 0.15) is 0 Å². The number of carbonyl (C=O) groups is 1. The van der Waals surface area contributed by atoms with Crippen LogP contribution in [0.4, 0.5) is 5.69 Å². The van der Waals surface area contributed by atoms with Gasteiger partial charge in [-0.1, -0.05) is 48.4 Å². The molecule has 0 aromatic heterocycles. The maximum absolute atomic E-state index is 12.2. The number of aliphatic imine (C=N–C) groups is 1. The van der Waals surface area contributed by atoms with E-state index >= 15 is 0 Å². The smallest absolute Gasteiger partial charge is 0.243 e. The first kappa shape index (κ1) is 19.2. The van der Waals surface area contributed by atoms with Gasteiger partial charge in [0.05, 0.1) is 6.54 Å². The molecule has 1 aliphatic heterocycles. The van der Waals surface area contributed by atoms with E-state index < -0.39 is 0 Å². The number of hydrogen-bond acceptors (Lipinski definition) is 2. The summed E-state index contributed by atoms with van der Waals surface area (Å²) in [6.07, 6.45) is 8.55. The molecule has 0 spiro atoms. The minimum atomic E-state index is -0.146. The Morgan fingerprint density at radius 3 is 2.71 bits per heavy atom. The Balaban J connectivity index is 1.53. The second-order valence-corrected chi connectivity index (χ2v) is 6.47. The molecule has 0 atom stereocenters. The molecule has 2 aromatic rings. The van der Waals surface area contributed by atoms with E-state index in [0.29, 0.717) is 5.69 Å². The van der Waals surface area contributed by atoms with Gasteiger partial charge in [-0.15, -0.1) is 6.42 Å². The lowest BCUT2D eigenvalue weighted by atomic mass is 10.00. The second-order valence-electron chi connectivity index (χ2n) is 6.47. The van der Waals surface area contributed by atoms with E-state index in [0.717, 1.165) is 31.0 Å². The van der Waals surface area contributed by atoms with Crippen LogP contribution >= 0.6 is 0 Å². The van der Waals surface area contributed by atoms with Crippen molar-refractivity contribution in [1.82, 2.24) is 10.2 Å². The van der Waals surface area contributed by atoms with Crippen molar-refractivity contribution in [3.63, 3.8) is 0 Å². The number of anilines is 1. The van der Waals surface area contributed by atoms with Crippen LogP contribution in [0.15, 0.2) is 65.7 Å². The van der Waals surface area contributed by atoms with Gasteiger partial charge < -0.3 is 15.5 Å². The maximum Gasteiger partial charge on any atom is 0.243 e. The molecule has 3 rings (SSSR count). The van der Waals surface area contributed by atoms with E-state index in [1.54, 1.807) is 13.1 Å². The molecule has 5 heteroatoms. The summed E-state index contributed by atoms with van der Waals surface area (Å²) in [7, 11) is 1.73. The van der Waals surface area contributed by atoms with Crippen molar-refractivity contribution in [2.45, 2.75) is 6.42 Å². The molecule has 2 N–H and O–H groups in total. The van der Waals surface area contributed by atoms with E-state index in [4.69, 9.17) is 6.42 Å². The fourth-order valence-electron chi connectivity index (χ4n) is 3.16. The number of carbonyl (C=O) groups excluding carboxylic acids is 1. The lowest BCUT2D eigenvalue weighted by Crippen LogP contribution is -2.45. The molecule has 0 radical (unpaired) electrons. The fourth-order valence-corrected chi connectivity index (χ4v) is 3.16. The highest BCUT2D eigenvalue weighted by molar-refractivity contribution is 5.95. The summed E-state index contributed by atoms with van der Waals surface area (Å²) < 4.78 is 0. The molecule has 1 aliphatic rings. The second kappa shape index (κ2) is 9.43. The topological polar surface area (TPSA) is 56.7 Å². The van der Waals surface area contributed by atoms with Gasteiger partial charge in [-0.25, -0.2) is 0 Å². The summed E-state index contributed by atoms with van der Waals surface area (Å²) in [6.45, 7) is 1.75. The van der Waals surface area contributed by atoms with Gasteiger partial charge >= 0.3 is 0 Å². The van der Waals surface area contributed by atoms with Crippen molar-refractivity contribution < 1.29 is 4.79 Å². The van der Waals surface area contributed by atoms with Gasteiger partial charge in [0.25, 0.3) is 0 Å². The lowest BCUT2D eigenvalue weighted by molar-refractivity contribution is -0.115. The largest absolute Gasteiger partial charge is 0.347 e. The van der Waals surface area contributed by atoms with Crippen LogP contribution in [0.5, 0.6) is 0 Å². The maximum atomic E-state index is 12.2. The molecule has 0 fully saturated rings. The van der Waals surface area contributed by atoms with Crippen molar-refractivity contribution in [3.05, 3.63) is 71.8 Å². The van der Waals surface area contributed by atoms with Crippen LogP contribution in [0.25, 0.3) is 5.57 Å². The number of nitrogens with one attached hydrogen (secondary N) is 2. The summed E-state index contributed by atoms with van der Waals surface area (Å²) in [6, 6.07) is 17.6. The van der Waals surface area contributed by atoms with E-state index in [-0.39, 0.29) is 12.5 Å². The van der Waals surface area contributed by atoms with Crippen molar-refractivity contribution in [2.75, 3.05) is 32.0 Å². The molecule has 0 aliphatic carbocycles. The Morgan fingerprint density at radius 1 is 1.21 bits per heavy atom. The first-order valence-electron chi connectivity index (χ1n) is 9.26. The standard InChI is InChI=1S/C23H24N4O/c1-3-18-8-7-11-21(16-18)26-22(28)17-25-23(24-2)27-14-12-20(13-15-27)19-9-5-4-6-10-19/h1,4-12,16H,13-15,17H2,2H3,(H,24,25)(H,26,28). The van der Waals surface area contributed by atoms with Crippen LogP contribution < -0.4 is 10.6 Å². The SMILES string of the molecule is C#Cc1cccc(NC(=O)CNC(=NC)N2CC=C(c3ccccc3)CC2)c1. The molecule has 5 nitrogen and oxygen atoms in total. The molecule has 28 heavy (non-hydrogen) atoms. The van der Waals surface area contributed by atoms with E-state index in [1.165, 1.54) is 11.1 Å². The Hall–Kier alpha value is -3.52. The number of benzene rings is 2. The van der Waals surface area contributed by atoms with Crippen molar-refractivity contribution in [3.8, 4) is 12.3 Å². The van der Waals surface area contributed by atoms with Crippen LogP contribution in [-0.4, -0.2) is 43.4 Å². The quantitative estimate of drug-likeness (QED) is 0.493. The first-order valence-corrected chi connectivity index (χ1v) is 9.26. The summed E-state index contributed by atoms with van der Waals surface area (Å²) in [5.41, 5.74) is 4.03. The first-order chi connectivity index (χ1) is 13.7. The zero-order valence-electron chi connectivity index (χ0n) is 16.0. The predicted molar refractivity (Wildman–Crippen MR) is 115 cm³/mol. The third-order valence-corrected chi connectivity index (χ3v) is 4.59. The van der Waals surface area contributed by atoms with Crippen LogP contribution in [0.2, 0.25) is 0 Å². The van der Waals surface area contributed by atoms with Gasteiger partial charge in [-0.2, -0.15) is 0 Å². The van der Waals surface area contributed by atoms with E-state index in [9.17, 15) is 4.79 Å². The number of rotatable bonds is 4. The third kappa shape index (κ3) is 5.01. The Kier molecular flexibility index (Phi) is 6.48. The highest BCUT2D eigenvalue weighted by atomic mass is 16.1. The molecular formula is C23H24N4O. The normalized spacial score (nSPS) is 14.1. The molecule has 142 valence electrons. The minimum Gasteiger partial charge on any atom is -0.347 e. The zero-order valence-corrected chi connectivity index (χ0v) is 16.0. The Morgan fingerprint density at radius 2 is 2.04 bits per heavy atom. The van der Waals surface area contributed by atoms with Gasteiger partial charge in [0.2, 0.25) is 5.91 Å². The molecule has 1 amide bonds. The number of guanidine groups is 1. The van der Waals surface area contributed by atoms with Crippen LogP contribution in [0, 0.1) is 12.3 Å². The molecule has 0 bridgehead atoms. The molecular weight excluding hydrogens is 348 g/mol. The Labute approximate surface area is 166 Å². The summed E-state index contributed by atoms with van der Waals surface area (Å²) in [5.74, 6) is 3.13. The molecule has 1 heterocycles. The highest BCUT2D eigenvalue weighted by Gasteiger charge is 2.16. The molecule has 2 aromatic carbocycles. The summed E-state index contributed by atoms with van der Waals surface area (Å²) in [4.78, 5) is 18.7. The van der Waals surface area contributed by atoms with Crippen LogP contribution in [0.3, 0.4) is 0 Å². The monoisotopic (exact) mass is 372 g/mol. The summed E-state index contributed by atoms with van der Waals surface area (Å²) in [5, 5.41) is 5.98. The number of amides is 1. The fraction of sp³-hybridized carbons (Fsp3) is 0.217. The van der Waals surface area contributed by atoms with Crippen LogP contribution in [-0.2, 0) is 4.79 Å². The van der Waals surface area contributed by atoms with Gasteiger partial charge in [0.15, 0.2) is 5.96 Å². The van der Waals surface area contributed by atoms with E-state index in [2.05, 4.69) is 56.8 Å². The molecule has 0 unspecified atom stereocenters. The number of nitrogens with zero attached hydrogens (tertiary/aromatic N) is 2. The van der Waals surface area contributed by atoms with Crippen molar-refractivity contribution in [2.24, 2.45) is 4.99 Å². The van der Waals surface area contributed by atoms with Crippen LogP contribution in [0.1, 0.15) is 17.5 Å². The highest BCUT2D eigenvalue weighted by Crippen LogP contribution is 2.21. The predicted octanol–water partition coefficient (Wildman–Crippen LogP) is 2.97. The minimum absolute atomic E-state index is 0.138. The lowest BCUT2D eigenvalue weighted by Gasteiger charge is -2.29. The van der Waals surface area contributed by atoms with Gasteiger partial charge in [-0.3, -0.25) is 9.79 Å². The van der Waals surface area contributed by atoms with Gasteiger partial charge in [-0.05, 0) is 35.8 Å². The third-order valence-electron chi connectivity index (χ3n) is 4.59. The van der Waals surface area contributed by atoms with E-state index in [1.807, 2.05) is 24.3 Å². The Bertz CT molecular complexity index is 925. The van der Waals surface area contributed by atoms with Gasteiger partial charge in [0, 0.05) is 31.4 Å². The zero-order chi connectivity index (χ0) is 19.8. The van der Waals surface area contributed by atoms with Crippen molar-refractivity contribution >= 4 is 23.1 Å². The number of hydrogen-bond donors (Lipinski definition) is 2. The summed E-state index contributed by atoms with van der Waals surface area (Å²) >= 11 is 0. The van der Waals surface area contributed by atoms with Crippen molar-refractivity contribution in [1.29, 1.82) is 0 Å². The molecule has 0 saturated heterocycles. The average molecular weight is 372 g/mol.